The van der Waals surface area contributed by atoms with Crippen LogP contribution in [-0.2, 0) is 11.3 Å². The van der Waals surface area contributed by atoms with Crippen molar-refractivity contribution in [2.45, 2.75) is 25.9 Å². The summed E-state index contributed by atoms with van der Waals surface area (Å²) < 4.78 is 4.93. The SMILES string of the molecule is COCCC(C)NC(=O)NCc1ccc(C(=O)O)cc1. The molecule has 0 aromatic heterocycles. The first-order chi connectivity index (χ1) is 9.52. The van der Waals surface area contributed by atoms with Gasteiger partial charge in [0.1, 0.15) is 0 Å². The third kappa shape index (κ3) is 5.71. The largest absolute Gasteiger partial charge is 0.478 e. The molecular weight excluding hydrogens is 260 g/mol. The Morgan fingerprint density at radius 3 is 2.50 bits per heavy atom. The fourth-order valence-electron chi connectivity index (χ4n) is 1.59. The van der Waals surface area contributed by atoms with Crippen molar-refractivity contribution in [3.05, 3.63) is 35.4 Å². The number of ether oxygens (including phenoxy) is 1. The summed E-state index contributed by atoms with van der Waals surface area (Å²) in [6.45, 7) is 2.85. The summed E-state index contributed by atoms with van der Waals surface area (Å²) in [4.78, 5) is 22.3. The minimum absolute atomic E-state index is 0.0318. The summed E-state index contributed by atoms with van der Waals surface area (Å²) in [5.41, 5.74) is 1.07. The van der Waals surface area contributed by atoms with Crippen molar-refractivity contribution >= 4 is 12.0 Å². The number of amides is 2. The van der Waals surface area contributed by atoms with E-state index in [-0.39, 0.29) is 17.6 Å². The van der Waals surface area contributed by atoms with Crippen molar-refractivity contribution in [3.8, 4) is 0 Å². The van der Waals surface area contributed by atoms with E-state index in [1.54, 1.807) is 19.2 Å². The Labute approximate surface area is 118 Å². The first kappa shape index (κ1) is 16.0. The Balaban J connectivity index is 2.35. The smallest absolute Gasteiger partial charge is 0.335 e. The maximum atomic E-state index is 11.6. The van der Waals surface area contributed by atoms with E-state index in [0.29, 0.717) is 13.2 Å². The number of hydrogen-bond acceptors (Lipinski definition) is 3. The highest BCUT2D eigenvalue weighted by atomic mass is 16.5. The average molecular weight is 280 g/mol. The molecule has 6 nitrogen and oxygen atoms in total. The Morgan fingerprint density at radius 2 is 1.95 bits per heavy atom. The lowest BCUT2D eigenvalue weighted by Gasteiger charge is -2.14. The van der Waals surface area contributed by atoms with Gasteiger partial charge in [0, 0.05) is 26.3 Å². The van der Waals surface area contributed by atoms with Crippen molar-refractivity contribution in [3.63, 3.8) is 0 Å². The van der Waals surface area contributed by atoms with E-state index >= 15 is 0 Å². The molecule has 0 radical (unpaired) electrons. The van der Waals surface area contributed by atoms with Gasteiger partial charge in [-0.1, -0.05) is 12.1 Å². The lowest BCUT2D eigenvalue weighted by atomic mass is 10.1. The van der Waals surface area contributed by atoms with Gasteiger partial charge in [-0.2, -0.15) is 0 Å². The molecule has 110 valence electrons. The second-order valence-electron chi connectivity index (χ2n) is 4.51. The number of benzene rings is 1. The van der Waals surface area contributed by atoms with Gasteiger partial charge in [0.25, 0.3) is 0 Å². The fourth-order valence-corrected chi connectivity index (χ4v) is 1.59. The molecule has 0 aliphatic rings. The van der Waals surface area contributed by atoms with Crippen LogP contribution in [0.3, 0.4) is 0 Å². The number of hydrogen-bond donors (Lipinski definition) is 3. The second-order valence-corrected chi connectivity index (χ2v) is 4.51. The Bertz CT molecular complexity index is 445. The van der Waals surface area contributed by atoms with Crippen LogP contribution in [0.4, 0.5) is 4.79 Å². The minimum atomic E-state index is -0.964. The molecule has 0 heterocycles. The van der Waals surface area contributed by atoms with Gasteiger partial charge in [0.2, 0.25) is 0 Å². The summed E-state index contributed by atoms with van der Waals surface area (Å²) in [6.07, 6.45) is 0.747. The summed E-state index contributed by atoms with van der Waals surface area (Å²) >= 11 is 0. The lowest BCUT2D eigenvalue weighted by molar-refractivity contribution is 0.0697. The predicted molar refractivity (Wildman–Crippen MR) is 74.7 cm³/mol. The monoisotopic (exact) mass is 280 g/mol. The first-order valence-electron chi connectivity index (χ1n) is 6.38. The van der Waals surface area contributed by atoms with Crippen molar-refractivity contribution in [1.82, 2.24) is 10.6 Å². The predicted octanol–water partition coefficient (Wildman–Crippen LogP) is 1.61. The van der Waals surface area contributed by atoms with Crippen LogP contribution in [0.15, 0.2) is 24.3 Å². The minimum Gasteiger partial charge on any atom is -0.478 e. The maximum absolute atomic E-state index is 11.6. The number of carboxylic acids is 1. The molecule has 2 amide bonds. The van der Waals surface area contributed by atoms with Crippen molar-refractivity contribution in [2.75, 3.05) is 13.7 Å². The quantitative estimate of drug-likeness (QED) is 0.708. The summed E-state index contributed by atoms with van der Waals surface area (Å²) in [7, 11) is 1.62. The van der Waals surface area contributed by atoms with Gasteiger partial charge in [-0.15, -0.1) is 0 Å². The highest BCUT2D eigenvalue weighted by Crippen LogP contribution is 2.04. The van der Waals surface area contributed by atoms with Gasteiger partial charge in [0.15, 0.2) is 0 Å². The molecule has 0 saturated heterocycles. The molecule has 0 aliphatic heterocycles. The molecule has 0 fully saturated rings. The molecule has 0 spiro atoms. The highest BCUT2D eigenvalue weighted by molar-refractivity contribution is 5.87. The van der Waals surface area contributed by atoms with Crippen LogP contribution in [0.5, 0.6) is 0 Å². The number of urea groups is 1. The second kappa shape index (κ2) is 8.16. The number of nitrogens with one attached hydrogen (secondary N) is 2. The van der Waals surface area contributed by atoms with Crippen molar-refractivity contribution in [1.29, 1.82) is 0 Å². The summed E-state index contributed by atoms with van der Waals surface area (Å²) in [5, 5.41) is 14.3. The molecule has 1 aromatic rings. The highest BCUT2D eigenvalue weighted by Gasteiger charge is 2.07. The van der Waals surface area contributed by atoms with E-state index in [2.05, 4.69) is 10.6 Å². The normalized spacial score (nSPS) is 11.7. The zero-order valence-electron chi connectivity index (χ0n) is 11.7. The third-order valence-corrected chi connectivity index (χ3v) is 2.79. The van der Waals surface area contributed by atoms with Crippen LogP contribution in [0.25, 0.3) is 0 Å². The fraction of sp³-hybridized carbons (Fsp3) is 0.429. The lowest BCUT2D eigenvalue weighted by Crippen LogP contribution is -2.40. The van der Waals surface area contributed by atoms with Gasteiger partial charge < -0.3 is 20.5 Å². The molecule has 0 aliphatic carbocycles. The average Bonchev–Trinajstić information content (AvgIpc) is 2.43. The van der Waals surface area contributed by atoms with E-state index in [1.165, 1.54) is 12.1 Å². The number of rotatable bonds is 7. The van der Waals surface area contributed by atoms with Crippen LogP contribution in [-0.4, -0.2) is 36.9 Å². The van der Waals surface area contributed by atoms with Crippen LogP contribution in [0.2, 0.25) is 0 Å². The Morgan fingerprint density at radius 1 is 1.30 bits per heavy atom. The molecule has 1 unspecified atom stereocenters. The molecule has 1 atom stereocenters. The molecular formula is C14H20N2O4. The Hall–Kier alpha value is -2.08. The zero-order chi connectivity index (χ0) is 15.0. The summed E-state index contributed by atoms with van der Waals surface area (Å²) in [5.74, 6) is -0.964. The van der Waals surface area contributed by atoms with Gasteiger partial charge in [-0.05, 0) is 31.0 Å². The summed E-state index contributed by atoms with van der Waals surface area (Å²) in [6, 6.07) is 6.16. The maximum Gasteiger partial charge on any atom is 0.335 e. The van der Waals surface area contributed by atoms with Crippen LogP contribution in [0, 0.1) is 0 Å². The number of carbonyl (C=O) groups excluding carboxylic acids is 1. The van der Waals surface area contributed by atoms with Crippen LogP contribution < -0.4 is 10.6 Å². The van der Waals surface area contributed by atoms with Gasteiger partial charge in [-0.3, -0.25) is 0 Å². The van der Waals surface area contributed by atoms with E-state index in [1.807, 2.05) is 6.92 Å². The van der Waals surface area contributed by atoms with E-state index in [4.69, 9.17) is 9.84 Å². The van der Waals surface area contributed by atoms with E-state index in [0.717, 1.165) is 12.0 Å². The van der Waals surface area contributed by atoms with Crippen LogP contribution >= 0.6 is 0 Å². The Kier molecular flexibility index (Phi) is 6.52. The van der Waals surface area contributed by atoms with Gasteiger partial charge >= 0.3 is 12.0 Å². The van der Waals surface area contributed by atoms with Crippen molar-refractivity contribution in [2.24, 2.45) is 0 Å². The van der Waals surface area contributed by atoms with Gasteiger partial charge in [0.05, 0.1) is 5.56 Å². The van der Waals surface area contributed by atoms with Crippen molar-refractivity contribution < 1.29 is 19.4 Å². The molecule has 6 heteroatoms. The van der Waals surface area contributed by atoms with E-state index in [9.17, 15) is 9.59 Å². The zero-order valence-corrected chi connectivity index (χ0v) is 11.7. The third-order valence-electron chi connectivity index (χ3n) is 2.79. The molecule has 0 saturated carbocycles. The first-order valence-corrected chi connectivity index (χ1v) is 6.38. The number of carboxylic acid groups (broad SMARTS) is 1. The molecule has 1 aromatic carbocycles. The number of aromatic carboxylic acids is 1. The topological polar surface area (TPSA) is 87.7 Å². The number of carbonyl (C=O) groups is 2. The standard InChI is InChI=1S/C14H20N2O4/c1-10(7-8-20-2)16-14(19)15-9-11-3-5-12(6-4-11)13(17)18/h3-6,10H,7-9H2,1-2H3,(H,17,18)(H2,15,16,19). The molecule has 20 heavy (non-hydrogen) atoms. The van der Waals surface area contributed by atoms with Gasteiger partial charge in [-0.25, -0.2) is 9.59 Å². The molecule has 3 N–H and O–H groups in total. The number of methoxy groups -OCH3 is 1. The molecule has 0 bridgehead atoms. The molecule has 1 rings (SSSR count). The van der Waals surface area contributed by atoms with Crippen LogP contribution in [0.1, 0.15) is 29.3 Å². The van der Waals surface area contributed by atoms with E-state index < -0.39 is 5.97 Å².